The second-order valence-corrected chi connectivity index (χ2v) is 0.577. The van der Waals surface area contributed by atoms with Crippen LogP contribution in [0.5, 0.6) is 0 Å². The van der Waals surface area contributed by atoms with Gasteiger partial charge in [0.1, 0.15) is 0 Å². The van der Waals surface area contributed by atoms with Crippen molar-refractivity contribution < 1.29 is 0 Å². The largest absolute Gasteiger partial charge is 2.00 e. The van der Waals surface area contributed by atoms with Crippen LogP contribution >= 0.6 is 12.4 Å². The topological polar surface area (TPSA) is 0 Å². The second kappa shape index (κ2) is 33.8. The van der Waals surface area contributed by atoms with Crippen LogP contribution in [0.3, 0.4) is 0 Å². The molecule has 0 saturated heterocycles. The molecule has 0 heterocycles. The summed E-state index contributed by atoms with van der Waals surface area (Å²) >= 11 is 0. The van der Waals surface area contributed by atoms with Crippen molar-refractivity contribution in [3.63, 3.8) is 0 Å². The zero-order valence-corrected chi connectivity index (χ0v) is 8.92. The van der Waals surface area contributed by atoms with E-state index < -0.39 is 0 Å². The first kappa shape index (κ1) is 26.7. The molecule has 0 saturated carbocycles. The van der Waals surface area contributed by atoms with E-state index in [4.69, 9.17) is 0 Å². The van der Waals surface area contributed by atoms with E-state index in [0.717, 1.165) is 0 Å². The average Bonchev–Trinajstić information content (AvgIpc) is 0.918. The van der Waals surface area contributed by atoms with Gasteiger partial charge in [0.25, 0.3) is 0 Å². The van der Waals surface area contributed by atoms with Crippen LogP contribution in [-0.4, -0.2) is 34.0 Å². The van der Waals surface area contributed by atoms with Crippen molar-refractivity contribution in [3.05, 3.63) is 6.42 Å². The Bertz CT molecular complexity index is 10.8. The van der Waals surface area contributed by atoms with E-state index in [9.17, 15) is 0 Å². The van der Waals surface area contributed by atoms with Gasteiger partial charge in [0, 0.05) is 0 Å². The first-order valence-corrected chi connectivity index (χ1v) is 1.15. The zero-order chi connectivity index (χ0) is 2.71. The quantitative estimate of drug-likeness (QED) is 0.326. The molecule has 0 aromatic heterocycles. The Morgan fingerprint density at radius 1 is 1.17 bits per heavy atom. The van der Waals surface area contributed by atoms with Gasteiger partial charge in [-0.25, -0.2) is 0 Å². The van der Waals surface area contributed by atoms with Crippen LogP contribution < -0.4 is 0 Å². The average molecular weight is 135 g/mol. The molecular formula is C3H11ClMgSi. The molecule has 0 aliphatic heterocycles. The Balaban J connectivity index is -0.00000000667. The second-order valence-electron chi connectivity index (χ2n) is 0.577. The molecule has 0 unspecified atom stereocenters. The fraction of sp³-hybridized carbons (Fsp3) is 0.667. The molecular weight excluding hydrogens is 124 g/mol. The molecule has 0 N–H and O–H groups in total. The number of halogens is 1. The summed E-state index contributed by atoms with van der Waals surface area (Å²) in [5.74, 6) is 0. The van der Waals surface area contributed by atoms with E-state index in [1.165, 1.54) is 0 Å². The van der Waals surface area contributed by atoms with E-state index in [-0.39, 0.29) is 46.4 Å². The molecule has 0 aliphatic rings. The molecule has 0 bridgehead atoms. The summed E-state index contributed by atoms with van der Waals surface area (Å²) in [5, 5.41) is 0. The molecule has 36 valence electrons. The molecule has 0 atom stereocenters. The summed E-state index contributed by atoms with van der Waals surface area (Å²) in [4.78, 5) is 0. The Morgan fingerprint density at radius 2 is 1.17 bits per heavy atom. The van der Waals surface area contributed by atoms with E-state index >= 15 is 0 Å². The molecule has 0 aromatic carbocycles. The summed E-state index contributed by atoms with van der Waals surface area (Å²) < 4.78 is 0. The van der Waals surface area contributed by atoms with Crippen LogP contribution in [0.1, 0.15) is 13.8 Å². The molecule has 0 aliphatic carbocycles. The van der Waals surface area contributed by atoms with Gasteiger partial charge < -0.3 is 17.4 Å². The van der Waals surface area contributed by atoms with Crippen molar-refractivity contribution in [1.82, 2.24) is 0 Å². The smallest absolute Gasteiger partial charge is 0.335 e. The minimum Gasteiger partial charge on any atom is -0.335 e. The monoisotopic (exact) mass is 134 g/mol. The predicted octanol–water partition coefficient (Wildman–Crippen LogP) is 0.0876. The molecule has 0 nitrogen and oxygen atoms in total. The van der Waals surface area contributed by atoms with Gasteiger partial charge in [-0.3, -0.25) is 0 Å². The third-order valence-electron chi connectivity index (χ3n) is 0. The minimum absolute atomic E-state index is 0. The van der Waals surface area contributed by atoms with Gasteiger partial charge in [0.2, 0.25) is 0 Å². The number of hydrogen-bond acceptors (Lipinski definition) is 0. The van der Waals surface area contributed by atoms with Crippen molar-refractivity contribution in [2.75, 3.05) is 0 Å². The van der Waals surface area contributed by atoms with E-state index in [0.29, 0.717) is 0 Å². The third-order valence-corrected chi connectivity index (χ3v) is 0. The standard InChI is InChI=1S/C3H7.ClH.Mg.H3Si/c1-3-2;;;/h3H,1-2H3;1H;;1H3/q-1;;+2;-1. The van der Waals surface area contributed by atoms with Gasteiger partial charge in [-0.05, 0) is 0 Å². The Kier molecular flexibility index (Phi) is 150. The summed E-state index contributed by atoms with van der Waals surface area (Å²) in [7, 11) is 0. The molecule has 3 heteroatoms. The molecule has 0 fully saturated rings. The maximum atomic E-state index is 2.00. The third kappa shape index (κ3) is 59.4. The predicted molar refractivity (Wildman–Crippen MR) is 38.6 cm³/mol. The first-order valence-electron chi connectivity index (χ1n) is 1.15. The van der Waals surface area contributed by atoms with Gasteiger partial charge in [0.05, 0.1) is 0 Å². The molecule has 0 radical (unpaired) electrons. The van der Waals surface area contributed by atoms with Crippen LogP contribution in [0.4, 0.5) is 0 Å². The summed E-state index contributed by atoms with van der Waals surface area (Å²) in [5.41, 5.74) is 0. The van der Waals surface area contributed by atoms with Crippen molar-refractivity contribution in [1.29, 1.82) is 0 Å². The number of hydrogen-bond donors (Lipinski definition) is 0. The maximum absolute atomic E-state index is 2.00. The molecule has 0 aromatic rings. The van der Waals surface area contributed by atoms with E-state index in [1.54, 1.807) is 0 Å². The molecule has 6 heavy (non-hydrogen) atoms. The van der Waals surface area contributed by atoms with Crippen LogP contribution in [-0.2, 0) is 0 Å². The Labute approximate surface area is 66.7 Å². The molecule has 0 amide bonds. The van der Waals surface area contributed by atoms with Crippen LogP contribution in [0, 0.1) is 6.42 Å². The zero-order valence-electron chi connectivity index (χ0n) is 4.69. The SMILES string of the molecule is C[CH-]C.Cl.[Mg+2].[SiH3-]. The van der Waals surface area contributed by atoms with Gasteiger partial charge in [-0.15, -0.1) is 12.4 Å². The van der Waals surface area contributed by atoms with E-state index in [1.807, 2.05) is 20.3 Å². The van der Waals surface area contributed by atoms with Crippen LogP contribution in [0.15, 0.2) is 0 Å². The van der Waals surface area contributed by atoms with Crippen LogP contribution in [0.2, 0.25) is 0 Å². The number of rotatable bonds is 0. The fourth-order valence-electron chi connectivity index (χ4n) is 0. The summed E-state index contributed by atoms with van der Waals surface area (Å²) in [6.45, 7) is 4.00. The van der Waals surface area contributed by atoms with Gasteiger partial charge in [0.15, 0.2) is 0 Å². The van der Waals surface area contributed by atoms with Gasteiger partial charge >= 0.3 is 23.1 Å². The Hall–Kier alpha value is 1.27. The summed E-state index contributed by atoms with van der Waals surface area (Å²) in [6.07, 6.45) is 2.00. The van der Waals surface area contributed by atoms with Gasteiger partial charge in [-0.2, -0.15) is 13.8 Å². The normalized spacial score (nSPS) is 3.00. The van der Waals surface area contributed by atoms with Gasteiger partial charge in [-0.1, -0.05) is 0 Å². The molecule has 0 rings (SSSR count). The summed E-state index contributed by atoms with van der Waals surface area (Å²) in [6, 6.07) is 0. The van der Waals surface area contributed by atoms with Crippen molar-refractivity contribution in [2.45, 2.75) is 13.8 Å². The Morgan fingerprint density at radius 3 is 1.17 bits per heavy atom. The van der Waals surface area contributed by atoms with Crippen molar-refractivity contribution in [2.24, 2.45) is 0 Å². The maximum Gasteiger partial charge on any atom is 2.00 e. The molecule has 0 spiro atoms. The first-order chi connectivity index (χ1) is 1.41. The van der Waals surface area contributed by atoms with Crippen LogP contribution in [0.25, 0.3) is 0 Å². The minimum atomic E-state index is 0. The fourth-order valence-corrected chi connectivity index (χ4v) is 0. The van der Waals surface area contributed by atoms with Crippen molar-refractivity contribution in [3.8, 4) is 0 Å². The van der Waals surface area contributed by atoms with Crippen molar-refractivity contribution >= 4 is 46.4 Å². The van der Waals surface area contributed by atoms with E-state index in [2.05, 4.69) is 0 Å².